The van der Waals surface area contributed by atoms with Crippen molar-refractivity contribution >= 4 is 57.9 Å². The zero-order valence-corrected chi connectivity index (χ0v) is 39.8. The van der Waals surface area contributed by atoms with E-state index in [9.17, 15) is 9.59 Å². The SMILES string of the molecule is CCC(=O)N[B]NC(=O)CC.CCCc1cc2c(-c3ccccc3CC(C)C)cccc2[cH-]1.CCCc1cc2c(-c3ccccc3CC(C)C)cccc2[cH-]1.[Cl][Zr+2][Cl]. The molecule has 0 atom stereocenters. The summed E-state index contributed by atoms with van der Waals surface area (Å²) in [7, 11) is 11.1. The molecular formula is C50H62BCl2N2O2Zr. The monoisotopic (exact) mass is 893 g/mol. The van der Waals surface area contributed by atoms with Crippen LogP contribution in [0.1, 0.15) is 103 Å². The molecule has 8 heteroatoms. The van der Waals surface area contributed by atoms with Gasteiger partial charge >= 0.3 is 45.4 Å². The van der Waals surface area contributed by atoms with Crippen LogP contribution in [0.2, 0.25) is 0 Å². The van der Waals surface area contributed by atoms with E-state index in [1.807, 2.05) is 0 Å². The summed E-state index contributed by atoms with van der Waals surface area (Å²) in [5.74, 6) is 1.13. The van der Waals surface area contributed by atoms with E-state index in [2.05, 4.69) is 161 Å². The van der Waals surface area contributed by atoms with Gasteiger partial charge in [0.25, 0.3) is 0 Å². The van der Waals surface area contributed by atoms with Crippen LogP contribution < -0.4 is 10.5 Å². The molecular weight excluding hydrogens is 834 g/mol. The molecule has 0 aromatic heterocycles. The summed E-state index contributed by atoms with van der Waals surface area (Å²) >= 11 is -0.826. The third-order valence-corrected chi connectivity index (χ3v) is 9.68. The van der Waals surface area contributed by atoms with E-state index in [1.165, 1.54) is 99.3 Å². The minimum atomic E-state index is -0.826. The molecule has 6 rings (SSSR count). The number of fused-ring (bicyclic) bond motifs is 2. The molecule has 0 spiro atoms. The summed E-state index contributed by atoms with van der Waals surface area (Å²) in [6.45, 7) is 17.1. The summed E-state index contributed by atoms with van der Waals surface area (Å²) in [5, 5.41) is 10.4. The predicted octanol–water partition coefficient (Wildman–Crippen LogP) is 13.7. The summed E-state index contributed by atoms with van der Waals surface area (Å²) in [6, 6.07) is 40.7. The molecule has 1 radical (unpaired) electrons. The van der Waals surface area contributed by atoms with Crippen molar-refractivity contribution in [3.8, 4) is 22.3 Å². The van der Waals surface area contributed by atoms with Gasteiger partial charge in [0, 0.05) is 12.8 Å². The van der Waals surface area contributed by atoms with Crippen molar-refractivity contribution in [1.82, 2.24) is 10.5 Å². The standard InChI is InChI=1S/2C22H25.C6H12BN2O2.2ClH.Zr/c2*1-4-8-17-14-19-10-7-12-21(22(19)15-17)20-11-6-5-9-18(20)13-16(2)3;1-3-5(10)8-7-9-6(11)4-2;;;/h2*5-7,9-12,14-16H,4,8,13H2,1-3H3;3-4H2,1-2H3,(H,8,10)(H,9,11);2*1H;/q2*-1;;;;+4/p-2. The van der Waals surface area contributed by atoms with Gasteiger partial charge < -0.3 is 10.5 Å². The van der Waals surface area contributed by atoms with Gasteiger partial charge in [-0.3, -0.25) is 9.59 Å². The van der Waals surface area contributed by atoms with E-state index in [0.717, 1.165) is 12.8 Å². The third-order valence-electron chi connectivity index (χ3n) is 9.68. The van der Waals surface area contributed by atoms with Crippen LogP contribution in [-0.4, -0.2) is 19.4 Å². The second kappa shape index (κ2) is 26.6. The zero-order valence-electron chi connectivity index (χ0n) is 35.9. The van der Waals surface area contributed by atoms with Crippen molar-refractivity contribution < 1.29 is 30.4 Å². The molecule has 6 aromatic carbocycles. The van der Waals surface area contributed by atoms with Crippen molar-refractivity contribution in [2.75, 3.05) is 0 Å². The normalized spacial score (nSPS) is 10.5. The Morgan fingerprint density at radius 3 is 1.29 bits per heavy atom. The first-order valence-corrected chi connectivity index (χ1v) is 27.2. The number of halogens is 2. The number of carbonyl (C=O) groups is 2. The Bertz CT molecular complexity index is 1990. The van der Waals surface area contributed by atoms with E-state index in [4.69, 9.17) is 17.0 Å². The van der Waals surface area contributed by atoms with Gasteiger partial charge in [-0.15, -0.1) is 69.1 Å². The molecule has 0 heterocycles. The van der Waals surface area contributed by atoms with Gasteiger partial charge in [0.15, 0.2) is 0 Å². The van der Waals surface area contributed by atoms with Gasteiger partial charge in [-0.25, -0.2) is 0 Å². The van der Waals surface area contributed by atoms with Crippen molar-refractivity contribution in [3.63, 3.8) is 0 Å². The van der Waals surface area contributed by atoms with E-state index >= 15 is 0 Å². The number of rotatable bonds is 14. The molecule has 0 aliphatic rings. The fourth-order valence-corrected chi connectivity index (χ4v) is 7.13. The molecule has 2 N–H and O–H groups in total. The molecule has 305 valence electrons. The van der Waals surface area contributed by atoms with Crippen LogP contribution in [0, 0.1) is 11.8 Å². The molecule has 58 heavy (non-hydrogen) atoms. The Kier molecular flexibility index (Phi) is 22.5. The van der Waals surface area contributed by atoms with E-state index in [-0.39, 0.29) is 11.8 Å². The maximum absolute atomic E-state index is 10.6. The number of carbonyl (C=O) groups excluding carboxylic acids is 2. The Balaban J connectivity index is 0.000000237. The van der Waals surface area contributed by atoms with Crippen molar-refractivity contribution in [1.29, 1.82) is 0 Å². The molecule has 0 fully saturated rings. The third kappa shape index (κ3) is 15.6. The molecule has 0 saturated carbocycles. The number of amides is 2. The van der Waals surface area contributed by atoms with Gasteiger partial charge in [0.2, 0.25) is 11.8 Å². The Hall–Kier alpha value is -3.43. The molecule has 0 bridgehead atoms. The van der Waals surface area contributed by atoms with Crippen LogP contribution >= 0.6 is 17.0 Å². The second-order valence-electron chi connectivity index (χ2n) is 15.4. The molecule has 0 unspecified atom stereocenters. The van der Waals surface area contributed by atoms with Crippen LogP contribution in [0.5, 0.6) is 0 Å². The van der Waals surface area contributed by atoms with Crippen molar-refractivity contribution in [2.24, 2.45) is 11.8 Å². The molecule has 0 saturated heterocycles. The summed E-state index contributed by atoms with van der Waals surface area (Å²) in [4.78, 5) is 21.2. The van der Waals surface area contributed by atoms with Gasteiger partial charge in [-0.05, 0) is 59.8 Å². The first kappa shape index (κ1) is 48.9. The van der Waals surface area contributed by atoms with Crippen LogP contribution in [0.15, 0.2) is 109 Å². The molecule has 4 nitrogen and oxygen atoms in total. The average molecular weight is 896 g/mol. The van der Waals surface area contributed by atoms with Crippen LogP contribution in [0.4, 0.5) is 0 Å². The number of nitrogens with one attached hydrogen (secondary N) is 2. The number of hydrogen-bond donors (Lipinski definition) is 2. The second-order valence-corrected chi connectivity index (χ2v) is 19.1. The van der Waals surface area contributed by atoms with E-state index < -0.39 is 20.8 Å². The molecule has 6 aromatic rings. The van der Waals surface area contributed by atoms with Gasteiger partial charge in [-0.1, -0.05) is 140 Å². The fraction of sp³-hybridized carbons (Fsp3) is 0.360. The van der Waals surface area contributed by atoms with Crippen LogP contribution in [-0.2, 0) is 56.1 Å². The van der Waals surface area contributed by atoms with Gasteiger partial charge in [0.05, 0.1) is 0 Å². The average Bonchev–Trinajstić information content (AvgIpc) is 3.82. The van der Waals surface area contributed by atoms with E-state index in [0.29, 0.717) is 24.7 Å². The van der Waals surface area contributed by atoms with Crippen molar-refractivity contribution in [3.05, 3.63) is 131 Å². The zero-order chi connectivity index (χ0) is 42.5. The van der Waals surface area contributed by atoms with Crippen molar-refractivity contribution in [2.45, 2.75) is 107 Å². The van der Waals surface area contributed by atoms with Crippen LogP contribution in [0.25, 0.3) is 43.8 Å². The number of aryl methyl sites for hydroxylation is 2. The quantitative estimate of drug-likeness (QED) is 0.0845. The Morgan fingerprint density at radius 2 is 0.948 bits per heavy atom. The molecule has 2 amide bonds. The maximum atomic E-state index is 10.6. The topological polar surface area (TPSA) is 58.2 Å². The Labute approximate surface area is 368 Å². The first-order chi connectivity index (χ1) is 28.0. The minimum absolute atomic E-state index is 0.110. The predicted molar refractivity (Wildman–Crippen MR) is 249 cm³/mol. The fourth-order valence-electron chi connectivity index (χ4n) is 7.13. The van der Waals surface area contributed by atoms with Gasteiger partial charge in [-0.2, -0.15) is 12.1 Å². The van der Waals surface area contributed by atoms with Crippen LogP contribution in [0.3, 0.4) is 0 Å². The summed E-state index contributed by atoms with van der Waals surface area (Å²) in [5.41, 5.74) is 11.4. The molecule has 0 aliphatic carbocycles. The Morgan fingerprint density at radius 1 is 0.586 bits per heavy atom. The molecule has 0 aliphatic heterocycles. The first-order valence-electron chi connectivity index (χ1n) is 20.9. The number of hydrogen-bond acceptors (Lipinski definition) is 2. The van der Waals surface area contributed by atoms with Gasteiger partial charge in [0.1, 0.15) is 0 Å². The summed E-state index contributed by atoms with van der Waals surface area (Å²) < 4.78 is 0. The summed E-state index contributed by atoms with van der Waals surface area (Å²) in [6.07, 6.45) is 7.84. The van der Waals surface area contributed by atoms with E-state index in [1.54, 1.807) is 13.8 Å². The number of benzene rings is 4.